The predicted molar refractivity (Wildman–Crippen MR) is 68.6 cm³/mol. The lowest BCUT2D eigenvalue weighted by atomic mass is 10.2. The quantitative estimate of drug-likeness (QED) is 0.700. The summed E-state index contributed by atoms with van der Waals surface area (Å²) in [5, 5.41) is 0. The molecule has 0 amide bonds. The van der Waals surface area contributed by atoms with Crippen molar-refractivity contribution in [1.82, 2.24) is 9.55 Å². The summed E-state index contributed by atoms with van der Waals surface area (Å²) < 4.78 is 14.7. The van der Waals surface area contributed by atoms with E-state index in [0.29, 0.717) is 11.0 Å². The topological polar surface area (TPSA) is 37.8 Å². The van der Waals surface area contributed by atoms with Crippen LogP contribution in [0.2, 0.25) is 0 Å². The van der Waals surface area contributed by atoms with E-state index in [4.69, 9.17) is 0 Å². The molecular formula is C14H11FN2O. The third kappa shape index (κ3) is 1.62. The minimum absolute atomic E-state index is 0.263. The predicted octanol–water partition coefficient (Wildman–Crippen LogP) is 2.77. The van der Waals surface area contributed by atoms with Gasteiger partial charge in [0.25, 0.3) is 0 Å². The number of halogens is 1. The van der Waals surface area contributed by atoms with Crippen LogP contribution in [0.15, 0.2) is 47.3 Å². The highest BCUT2D eigenvalue weighted by atomic mass is 19.1. The van der Waals surface area contributed by atoms with Crippen molar-refractivity contribution < 1.29 is 4.39 Å². The molecule has 18 heavy (non-hydrogen) atoms. The standard InChI is InChI=1S/C14H11FN2O/c1-9-3-2-4-11(7-9)17-13-6-5-10(15)8-12(13)16-14(17)18/h2-8H,1H3,(H,16,18). The number of aromatic amines is 1. The number of H-pyrrole nitrogens is 1. The van der Waals surface area contributed by atoms with Crippen molar-refractivity contribution in [3.8, 4) is 5.69 Å². The van der Waals surface area contributed by atoms with Crippen LogP contribution in [0.5, 0.6) is 0 Å². The maximum absolute atomic E-state index is 13.1. The average molecular weight is 242 g/mol. The Balaban J connectivity index is 2.35. The summed E-state index contributed by atoms with van der Waals surface area (Å²) in [6.07, 6.45) is 0. The van der Waals surface area contributed by atoms with E-state index in [1.54, 1.807) is 10.6 Å². The molecule has 0 aliphatic rings. The second-order valence-electron chi connectivity index (χ2n) is 4.27. The number of aryl methyl sites for hydroxylation is 1. The van der Waals surface area contributed by atoms with Gasteiger partial charge in [-0.25, -0.2) is 9.18 Å². The van der Waals surface area contributed by atoms with Gasteiger partial charge in [0.1, 0.15) is 5.82 Å². The molecule has 3 nitrogen and oxygen atoms in total. The van der Waals surface area contributed by atoms with Gasteiger partial charge in [-0.15, -0.1) is 0 Å². The SMILES string of the molecule is Cc1cccc(-n2c(=O)[nH]c3cc(F)ccc32)c1. The molecule has 1 heterocycles. The first-order valence-electron chi connectivity index (χ1n) is 5.62. The van der Waals surface area contributed by atoms with Crippen LogP contribution < -0.4 is 5.69 Å². The molecule has 4 heteroatoms. The van der Waals surface area contributed by atoms with Crippen molar-refractivity contribution >= 4 is 11.0 Å². The Hall–Kier alpha value is -2.36. The number of fused-ring (bicyclic) bond motifs is 1. The van der Waals surface area contributed by atoms with Crippen LogP contribution in [0.1, 0.15) is 5.56 Å². The molecule has 3 aromatic rings. The van der Waals surface area contributed by atoms with Gasteiger partial charge in [0.15, 0.2) is 0 Å². The Kier molecular flexibility index (Phi) is 2.30. The first-order valence-corrected chi connectivity index (χ1v) is 5.62. The second kappa shape index (κ2) is 3.84. The lowest BCUT2D eigenvalue weighted by molar-refractivity contribution is 0.629. The van der Waals surface area contributed by atoms with E-state index in [2.05, 4.69) is 4.98 Å². The van der Waals surface area contributed by atoms with Crippen LogP contribution in [0.3, 0.4) is 0 Å². The molecule has 0 bridgehead atoms. The van der Waals surface area contributed by atoms with Crippen molar-refractivity contribution in [3.05, 3.63) is 64.3 Å². The molecule has 0 atom stereocenters. The van der Waals surface area contributed by atoms with Crippen LogP contribution in [0, 0.1) is 12.7 Å². The molecule has 1 aromatic heterocycles. The zero-order valence-corrected chi connectivity index (χ0v) is 9.77. The van der Waals surface area contributed by atoms with Gasteiger partial charge in [0.05, 0.1) is 16.7 Å². The van der Waals surface area contributed by atoms with Crippen molar-refractivity contribution in [2.45, 2.75) is 6.92 Å². The fourth-order valence-corrected chi connectivity index (χ4v) is 2.11. The molecule has 0 spiro atoms. The fraction of sp³-hybridized carbons (Fsp3) is 0.0714. The summed E-state index contributed by atoms with van der Waals surface area (Å²) in [6.45, 7) is 1.96. The summed E-state index contributed by atoms with van der Waals surface area (Å²) in [6, 6.07) is 11.9. The number of hydrogen-bond acceptors (Lipinski definition) is 1. The summed E-state index contributed by atoms with van der Waals surface area (Å²) in [7, 11) is 0. The number of rotatable bonds is 1. The minimum atomic E-state index is -0.361. The molecule has 3 rings (SSSR count). The molecule has 0 radical (unpaired) electrons. The average Bonchev–Trinajstić information content (AvgIpc) is 2.64. The lowest BCUT2D eigenvalue weighted by Crippen LogP contribution is -2.14. The summed E-state index contributed by atoms with van der Waals surface area (Å²) in [5.41, 5.74) is 2.75. The first-order chi connectivity index (χ1) is 8.65. The summed E-state index contributed by atoms with van der Waals surface area (Å²) in [5.74, 6) is -0.361. The highest BCUT2D eigenvalue weighted by Gasteiger charge is 2.09. The van der Waals surface area contributed by atoms with Crippen molar-refractivity contribution in [2.75, 3.05) is 0 Å². The maximum Gasteiger partial charge on any atom is 0.331 e. The van der Waals surface area contributed by atoms with E-state index in [1.807, 2.05) is 31.2 Å². The monoisotopic (exact) mass is 242 g/mol. The van der Waals surface area contributed by atoms with Crippen molar-refractivity contribution in [2.24, 2.45) is 0 Å². The van der Waals surface area contributed by atoms with Gasteiger partial charge in [0.2, 0.25) is 0 Å². The van der Waals surface area contributed by atoms with E-state index < -0.39 is 0 Å². The molecule has 0 saturated heterocycles. The van der Waals surface area contributed by atoms with Gasteiger partial charge in [-0.2, -0.15) is 0 Å². The normalized spacial score (nSPS) is 11.0. The molecule has 90 valence electrons. The van der Waals surface area contributed by atoms with Gasteiger partial charge in [-0.3, -0.25) is 4.57 Å². The third-order valence-electron chi connectivity index (χ3n) is 2.90. The highest BCUT2D eigenvalue weighted by molar-refractivity contribution is 5.77. The Morgan fingerprint density at radius 1 is 1.17 bits per heavy atom. The Morgan fingerprint density at radius 2 is 2.00 bits per heavy atom. The number of hydrogen-bond donors (Lipinski definition) is 1. The largest absolute Gasteiger partial charge is 0.331 e. The number of aromatic nitrogens is 2. The van der Waals surface area contributed by atoms with Crippen LogP contribution in [0.4, 0.5) is 4.39 Å². The van der Waals surface area contributed by atoms with E-state index in [1.165, 1.54) is 12.1 Å². The Morgan fingerprint density at radius 3 is 2.78 bits per heavy atom. The number of imidazole rings is 1. The number of nitrogens with one attached hydrogen (secondary N) is 1. The molecule has 0 aliphatic heterocycles. The highest BCUT2D eigenvalue weighted by Crippen LogP contribution is 2.17. The molecule has 0 saturated carbocycles. The van der Waals surface area contributed by atoms with E-state index in [0.717, 1.165) is 11.3 Å². The zero-order valence-electron chi connectivity index (χ0n) is 9.77. The van der Waals surface area contributed by atoms with Gasteiger partial charge in [-0.1, -0.05) is 12.1 Å². The Labute approximate surface area is 103 Å². The molecule has 1 N–H and O–H groups in total. The third-order valence-corrected chi connectivity index (χ3v) is 2.90. The van der Waals surface area contributed by atoms with Crippen LogP contribution in [-0.4, -0.2) is 9.55 Å². The number of benzene rings is 2. The van der Waals surface area contributed by atoms with E-state index in [-0.39, 0.29) is 11.5 Å². The molecular weight excluding hydrogens is 231 g/mol. The van der Waals surface area contributed by atoms with Gasteiger partial charge < -0.3 is 4.98 Å². The first kappa shape index (κ1) is 10.8. The molecule has 0 fully saturated rings. The van der Waals surface area contributed by atoms with Crippen LogP contribution in [-0.2, 0) is 0 Å². The van der Waals surface area contributed by atoms with Crippen molar-refractivity contribution in [3.63, 3.8) is 0 Å². The zero-order chi connectivity index (χ0) is 12.7. The second-order valence-corrected chi connectivity index (χ2v) is 4.27. The molecule has 2 aromatic carbocycles. The van der Waals surface area contributed by atoms with E-state index in [9.17, 15) is 9.18 Å². The summed E-state index contributed by atoms with van der Waals surface area (Å²) in [4.78, 5) is 14.6. The van der Waals surface area contributed by atoms with Gasteiger partial charge in [-0.05, 0) is 42.8 Å². The van der Waals surface area contributed by atoms with Gasteiger partial charge in [0, 0.05) is 0 Å². The number of nitrogens with zero attached hydrogens (tertiary/aromatic N) is 1. The van der Waals surface area contributed by atoms with Crippen LogP contribution >= 0.6 is 0 Å². The van der Waals surface area contributed by atoms with Crippen molar-refractivity contribution in [1.29, 1.82) is 0 Å². The summed E-state index contributed by atoms with van der Waals surface area (Å²) >= 11 is 0. The van der Waals surface area contributed by atoms with Crippen LogP contribution in [0.25, 0.3) is 16.7 Å². The molecule has 0 unspecified atom stereocenters. The maximum atomic E-state index is 13.1. The lowest BCUT2D eigenvalue weighted by Gasteiger charge is -2.04. The van der Waals surface area contributed by atoms with Gasteiger partial charge >= 0.3 is 5.69 Å². The van der Waals surface area contributed by atoms with E-state index >= 15 is 0 Å². The fourth-order valence-electron chi connectivity index (χ4n) is 2.11. The Bertz CT molecular complexity index is 786. The minimum Gasteiger partial charge on any atom is -0.305 e. The smallest absolute Gasteiger partial charge is 0.305 e. The molecule has 0 aliphatic carbocycles.